The molecule has 0 bridgehead atoms. The van der Waals surface area contributed by atoms with Crippen LogP contribution >= 0.6 is 0 Å². The van der Waals surface area contributed by atoms with Crippen LogP contribution in [0.25, 0.3) is 0 Å². The molecule has 84 valence electrons. The molecule has 1 heterocycles. The largest absolute Gasteiger partial charge is 0.276 e. The summed E-state index contributed by atoms with van der Waals surface area (Å²) in [7, 11) is -3.47. The second-order valence-electron chi connectivity index (χ2n) is 4.75. The Morgan fingerprint density at radius 2 is 1.71 bits per heavy atom. The number of hydrogen-bond acceptors (Lipinski definition) is 2. The zero-order valence-corrected chi connectivity index (χ0v) is 9.97. The van der Waals surface area contributed by atoms with Crippen LogP contribution in [0, 0.1) is 11.3 Å². The maximum atomic E-state index is 11.1. The summed E-state index contributed by atoms with van der Waals surface area (Å²) in [5.41, 5.74) is 0.265. The Morgan fingerprint density at radius 3 is 2.00 bits per heavy atom. The molecule has 0 amide bonds. The van der Waals surface area contributed by atoms with Crippen molar-refractivity contribution in [2.75, 3.05) is 13.1 Å². The van der Waals surface area contributed by atoms with Crippen LogP contribution in [0.1, 0.15) is 33.6 Å². The summed E-state index contributed by atoms with van der Waals surface area (Å²) >= 11 is 0. The highest BCUT2D eigenvalue weighted by atomic mass is 32.2. The van der Waals surface area contributed by atoms with E-state index in [1.807, 2.05) is 0 Å². The molecule has 0 aromatic rings. The van der Waals surface area contributed by atoms with E-state index in [9.17, 15) is 8.42 Å². The Balaban J connectivity index is 2.63. The van der Waals surface area contributed by atoms with Crippen LogP contribution in [0.4, 0.5) is 0 Å². The maximum absolute atomic E-state index is 11.1. The second kappa shape index (κ2) is 3.79. The van der Waals surface area contributed by atoms with E-state index in [1.165, 1.54) is 4.31 Å². The van der Waals surface area contributed by atoms with Gasteiger partial charge in [0.1, 0.15) is 0 Å². The molecule has 0 radical (unpaired) electrons. The zero-order valence-electron chi connectivity index (χ0n) is 9.16. The highest BCUT2D eigenvalue weighted by Crippen LogP contribution is 2.38. The first-order valence-electron chi connectivity index (χ1n) is 5.03. The van der Waals surface area contributed by atoms with Gasteiger partial charge in [-0.1, -0.05) is 20.8 Å². The van der Waals surface area contributed by atoms with Gasteiger partial charge < -0.3 is 0 Å². The number of rotatable bonds is 2. The van der Waals surface area contributed by atoms with E-state index in [0.717, 1.165) is 12.8 Å². The third-order valence-electron chi connectivity index (χ3n) is 3.62. The fourth-order valence-corrected chi connectivity index (χ4v) is 2.52. The van der Waals surface area contributed by atoms with Crippen LogP contribution in [0.5, 0.6) is 0 Å². The van der Waals surface area contributed by atoms with Crippen molar-refractivity contribution in [3.8, 4) is 0 Å². The molecule has 4 nitrogen and oxygen atoms in total. The predicted octanol–water partition coefficient (Wildman–Crippen LogP) is 0.948. The van der Waals surface area contributed by atoms with Crippen LogP contribution in [-0.4, -0.2) is 25.8 Å². The van der Waals surface area contributed by atoms with Crippen LogP contribution in [0.2, 0.25) is 0 Å². The normalized spacial score (nSPS) is 24.1. The van der Waals surface area contributed by atoms with Gasteiger partial charge in [-0.25, -0.2) is 5.14 Å². The van der Waals surface area contributed by atoms with Gasteiger partial charge in [-0.15, -0.1) is 0 Å². The molecule has 1 aliphatic heterocycles. The van der Waals surface area contributed by atoms with Gasteiger partial charge in [0.2, 0.25) is 0 Å². The van der Waals surface area contributed by atoms with Crippen molar-refractivity contribution in [1.82, 2.24) is 4.31 Å². The fourth-order valence-electron chi connectivity index (χ4n) is 1.83. The molecule has 0 aliphatic carbocycles. The van der Waals surface area contributed by atoms with E-state index in [0.29, 0.717) is 19.0 Å². The monoisotopic (exact) mass is 220 g/mol. The van der Waals surface area contributed by atoms with Crippen molar-refractivity contribution in [3.05, 3.63) is 0 Å². The Labute approximate surface area is 86.6 Å². The summed E-state index contributed by atoms with van der Waals surface area (Å²) in [6.45, 7) is 7.72. The minimum absolute atomic E-state index is 0.265. The Hall–Kier alpha value is -0.130. The molecule has 1 fully saturated rings. The molecule has 0 atom stereocenters. The smallest absolute Gasteiger partial charge is 0.216 e. The van der Waals surface area contributed by atoms with Gasteiger partial charge in [-0.05, 0) is 24.2 Å². The Morgan fingerprint density at radius 1 is 1.29 bits per heavy atom. The SMILES string of the molecule is CC(C)C1(C)CCN(S(N)(=O)=O)CC1. The summed E-state index contributed by atoms with van der Waals surface area (Å²) in [6, 6.07) is 0. The van der Waals surface area contributed by atoms with E-state index in [1.54, 1.807) is 0 Å². The van der Waals surface area contributed by atoms with Gasteiger partial charge in [0.05, 0.1) is 0 Å². The second-order valence-corrected chi connectivity index (χ2v) is 6.30. The minimum Gasteiger partial charge on any atom is -0.216 e. The molecule has 1 saturated heterocycles. The van der Waals surface area contributed by atoms with Crippen LogP contribution in [0.15, 0.2) is 0 Å². The summed E-state index contributed by atoms with van der Waals surface area (Å²) in [5, 5.41) is 5.07. The first-order chi connectivity index (χ1) is 6.26. The zero-order chi connectivity index (χ0) is 11.0. The van der Waals surface area contributed by atoms with E-state index >= 15 is 0 Å². The molecule has 0 saturated carbocycles. The molecule has 1 rings (SSSR count). The number of piperidine rings is 1. The van der Waals surface area contributed by atoms with Gasteiger partial charge in [0, 0.05) is 13.1 Å². The van der Waals surface area contributed by atoms with E-state index in [-0.39, 0.29) is 5.41 Å². The molecule has 0 unspecified atom stereocenters. The maximum Gasteiger partial charge on any atom is 0.276 e. The van der Waals surface area contributed by atoms with Crippen molar-refractivity contribution in [2.24, 2.45) is 16.5 Å². The fraction of sp³-hybridized carbons (Fsp3) is 1.00. The van der Waals surface area contributed by atoms with Crippen LogP contribution in [-0.2, 0) is 10.2 Å². The van der Waals surface area contributed by atoms with E-state index < -0.39 is 10.2 Å². The van der Waals surface area contributed by atoms with Crippen molar-refractivity contribution < 1.29 is 8.42 Å². The molecule has 0 spiro atoms. The third-order valence-corrected chi connectivity index (χ3v) is 4.70. The van der Waals surface area contributed by atoms with E-state index in [4.69, 9.17) is 5.14 Å². The van der Waals surface area contributed by atoms with Crippen LogP contribution in [0.3, 0.4) is 0 Å². The quantitative estimate of drug-likeness (QED) is 0.753. The van der Waals surface area contributed by atoms with Crippen molar-refractivity contribution in [2.45, 2.75) is 33.6 Å². The lowest BCUT2D eigenvalue weighted by Gasteiger charge is -2.41. The molecule has 1 aliphatic rings. The lowest BCUT2D eigenvalue weighted by molar-refractivity contribution is 0.117. The third kappa shape index (κ3) is 2.46. The van der Waals surface area contributed by atoms with Gasteiger partial charge in [0.15, 0.2) is 0 Å². The summed E-state index contributed by atoms with van der Waals surface area (Å²) in [6.07, 6.45) is 1.81. The average Bonchev–Trinajstić information content (AvgIpc) is 2.03. The van der Waals surface area contributed by atoms with Crippen molar-refractivity contribution in [1.29, 1.82) is 0 Å². The average molecular weight is 220 g/mol. The van der Waals surface area contributed by atoms with E-state index in [2.05, 4.69) is 20.8 Å². The molecule has 5 heteroatoms. The molecule has 0 aromatic carbocycles. The van der Waals surface area contributed by atoms with Gasteiger partial charge in [0.25, 0.3) is 10.2 Å². The molecular formula is C9H20N2O2S. The molecule has 2 N–H and O–H groups in total. The number of nitrogens with two attached hydrogens (primary N) is 1. The lowest BCUT2D eigenvalue weighted by Crippen LogP contribution is -2.46. The van der Waals surface area contributed by atoms with Gasteiger partial charge in [-0.2, -0.15) is 12.7 Å². The first-order valence-corrected chi connectivity index (χ1v) is 6.54. The standard InChI is InChI=1S/C9H20N2O2S/c1-8(2)9(3)4-6-11(7-5-9)14(10,12)13/h8H,4-7H2,1-3H3,(H2,10,12,13). The molecular weight excluding hydrogens is 200 g/mol. The summed E-state index contributed by atoms with van der Waals surface area (Å²) < 4.78 is 23.5. The minimum atomic E-state index is -3.47. The topological polar surface area (TPSA) is 63.4 Å². The Bertz CT molecular complexity index is 290. The Kier molecular flexibility index (Phi) is 3.23. The summed E-state index contributed by atoms with van der Waals surface area (Å²) in [4.78, 5) is 0. The highest BCUT2D eigenvalue weighted by Gasteiger charge is 2.35. The van der Waals surface area contributed by atoms with Gasteiger partial charge in [-0.3, -0.25) is 0 Å². The van der Waals surface area contributed by atoms with Gasteiger partial charge >= 0.3 is 0 Å². The van der Waals surface area contributed by atoms with Crippen molar-refractivity contribution in [3.63, 3.8) is 0 Å². The number of hydrogen-bond donors (Lipinski definition) is 1. The summed E-state index contributed by atoms with van der Waals surface area (Å²) in [5.74, 6) is 0.588. The lowest BCUT2D eigenvalue weighted by atomic mass is 9.72. The first kappa shape index (κ1) is 11.9. The van der Waals surface area contributed by atoms with Crippen LogP contribution < -0.4 is 5.14 Å². The molecule has 14 heavy (non-hydrogen) atoms. The highest BCUT2D eigenvalue weighted by molar-refractivity contribution is 7.86. The number of nitrogens with zero attached hydrogens (tertiary/aromatic N) is 1. The predicted molar refractivity (Wildman–Crippen MR) is 56.9 cm³/mol. The van der Waals surface area contributed by atoms with Crippen molar-refractivity contribution >= 4 is 10.2 Å². The molecule has 0 aromatic heterocycles.